The Morgan fingerprint density at radius 1 is 1.26 bits per heavy atom. The SMILES string of the molecule is CC=C1c2ccc(C=O)n2C2CC1C(C(=O)OC)c1c2[nH]c2ccccc12. The maximum Gasteiger partial charge on any atom is 0.313 e. The lowest BCUT2D eigenvalue weighted by Gasteiger charge is -2.42. The van der Waals surface area contributed by atoms with Gasteiger partial charge >= 0.3 is 5.97 Å². The van der Waals surface area contributed by atoms with E-state index >= 15 is 0 Å². The maximum absolute atomic E-state index is 12.9. The molecule has 0 fully saturated rings. The van der Waals surface area contributed by atoms with Gasteiger partial charge in [0.2, 0.25) is 0 Å². The molecule has 1 N–H and O–H groups in total. The molecule has 2 aliphatic rings. The normalized spacial score (nSPS) is 24.5. The van der Waals surface area contributed by atoms with Gasteiger partial charge < -0.3 is 14.3 Å². The summed E-state index contributed by atoms with van der Waals surface area (Å²) < 4.78 is 7.33. The van der Waals surface area contributed by atoms with Crippen molar-refractivity contribution in [1.82, 2.24) is 9.55 Å². The zero-order chi connectivity index (χ0) is 18.7. The minimum Gasteiger partial charge on any atom is -0.469 e. The molecule has 2 aromatic heterocycles. The van der Waals surface area contributed by atoms with Crippen LogP contribution in [0.25, 0.3) is 16.5 Å². The molecule has 27 heavy (non-hydrogen) atoms. The third-order valence-electron chi connectivity index (χ3n) is 6.14. The number of ether oxygens (including phenoxy) is 1. The third kappa shape index (κ3) is 1.99. The van der Waals surface area contributed by atoms with Crippen molar-refractivity contribution in [2.24, 2.45) is 5.92 Å². The number of nitrogens with one attached hydrogen (secondary N) is 1. The molecule has 5 rings (SSSR count). The summed E-state index contributed by atoms with van der Waals surface area (Å²) in [7, 11) is 1.45. The zero-order valence-electron chi connectivity index (χ0n) is 15.2. The number of allylic oxidation sites excluding steroid dienone is 2. The van der Waals surface area contributed by atoms with Crippen LogP contribution >= 0.6 is 0 Å². The fourth-order valence-corrected chi connectivity index (χ4v) is 5.12. The molecule has 3 unspecified atom stereocenters. The van der Waals surface area contributed by atoms with E-state index in [9.17, 15) is 9.59 Å². The standard InChI is InChI=1S/C22H20N2O3/c1-3-13-15-10-18(24-12(11-25)8-9-17(13)24)21-19(20(15)22(26)27-2)14-6-4-5-7-16(14)23-21/h3-9,11,15,18,20,23H,10H2,1-2H3. The summed E-state index contributed by atoms with van der Waals surface area (Å²) >= 11 is 0. The van der Waals surface area contributed by atoms with Crippen LogP contribution in [0.1, 0.15) is 52.7 Å². The van der Waals surface area contributed by atoms with Crippen molar-refractivity contribution < 1.29 is 14.3 Å². The molecular weight excluding hydrogens is 340 g/mol. The van der Waals surface area contributed by atoms with Crippen molar-refractivity contribution in [2.75, 3.05) is 7.11 Å². The number of aldehydes is 1. The molecule has 0 saturated carbocycles. The number of H-pyrrole nitrogens is 1. The zero-order valence-corrected chi connectivity index (χ0v) is 15.2. The molecule has 5 heteroatoms. The lowest BCUT2D eigenvalue weighted by atomic mass is 9.68. The number of rotatable bonds is 2. The predicted molar refractivity (Wildman–Crippen MR) is 103 cm³/mol. The number of methoxy groups -OCH3 is 1. The molecule has 0 radical (unpaired) electrons. The second-order valence-corrected chi connectivity index (χ2v) is 7.23. The van der Waals surface area contributed by atoms with Crippen LogP contribution in [-0.4, -0.2) is 28.9 Å². The van der Waals surface area contributed by atoms with Gasteiger partial charge in [-0.25, -0.2) is 0 Å². The minimum atomic E-state index is -0.355. The monoisotopic (exact) mass is 360 g/mol. The van der Waals surface area contributed by atoms with Crippen LogP contribution in [-0.2, 0) is 9.53 Å². The fraction of sp³-hybridized carbons (Fsp3) is 0.273. The first-order valence-electron chi connectivity index (χ1n) is 9.20. The van der Waals surface area contributed by atoms with Crippen molar-refractivity contribution in [3.8, 4) is 0 Å². The number of fused-ring (bicyclic) bond motifs is 8. The lowest BCUT2D eigenvalue weighted by Crippen LogP contribution is -2.37. The molecule has 5 nitrogen and oxygen atoms in total. The van der Waals surface area contributed by atoms with Crippen LogP contribution in [0, 0.1) is 5.92 Å². The number of esters is 1. The topological polar surface area (TPSA) is 64.1 Å². The molecule has 1 aliphatic carbocycles. The highest BCUT2D eigenvalue weighted by Gasteiger charge is 2.48. The van der Waals surface area contributed by atoms with Crippen molar-refractivity contribution in [1.29, 1.82) is 0 Å². The number of hydrogen-bond donors (Lipinski definition) is 1. The first kappa shape index (κ1) is 16.1. The van der Waals surface area contributed by atoms with E-state index < -0.39 is 0 Å². The highest BCUT2D eigenvalue weighted by atomic mass is 16.5. The van der Waals surface area contributed by atoms with Crippen LogP contribution in [0.5, 0.6) is 0 Å². The number of aromatic nitrogens is 2. The lowest BCUT2D eigenvalue weighted by molar-refractivity contribution is -0.143. The smallest absolute Gasteiger partial charge is 0.313 e. The molecule has 136 valence electrons. The van der Waals surface area contributed by atoms with E-state index in [-0.39, 0.29) is 23.8 Å². The maximum atomic E-state index is 12.9. The summed E-state index contributed by atoms with van der Waals surface area (Å²) in [4.78, 5) is 28.1. The Kier molecular flexibility index (Phi) is 3.41. The van der Waals surface area contributed by atoms with Gasteiger partial charge in [-0.15, -0.1) is 0 Å². The number of benzene rings is 1. The second kappa shape index (κ2) is 5.71. The van der Waals surface area contributed by atoms with Crippen molar-refractivity contribution in [3.63, 3.8) is 0 Å². The Balaban J connectivity index is 1.87. The second-order valence-electron chi connectivity index (χ2n) is 7.23. The van der Waals surface area contributed by atoms with Crippen molar-refractivity contribution in [3.05, 3.63) is 65.1 Å². The molecule has 2 bridgehead atoms. The number of carbonyl (C=O) groups excluding carboxylic acids is 2. The molecular formula is C22H20N2O3. The molecule has 0 amide bonds. The number of aromatic amines is 1. The van der Waals surface area contributed by atoms with E-state index in [1.165, 1.54) is 7.11 Å². The summed E-state index contributed by atoms with van der Waals surface area (Å²) in [5.41, 5.74) is 5.80. The highest BCUT2D eigenvalue weighted by molar-refractivity contribution is 5.94. The van der Waals surface area contributed by atoms with Gasteiger partial charge in [-0.1, -0.05) is 24.3 Å². The highest BCUT2D eigenvalue weighted by Crippen LogP contribution is 2.55. The number of para-hydroxylation sites is 1. The Morgan fingerprint density at radius 3 is 2.81 bits per heavy atom. The Labute approximate surface area is 156 Å². The molecule has 3 aromatic rings. The van der Waals surface area contributed by atoms with Crippen molar-refractivity contribution >= 4 is 28.7 Å². The summed E-state index contributed by atoms with van der Waals surface area (Å²) in [6.07, 6.45) is 3.74. The summed E-state index contributed by atoms with van der Waals surface area (Å²) in [6.45, 7) is 1.99. The van der Waals surface area contributed by atoms with Gasteiger partial charge in [-0.3, -0.25) is 9.59 Å². The fourth-order valence-electron chi connectivity index (χ4n) is 5.12. The molecule has 3 heterocycles. The van der Waals surface area contributed by atoms with Crippen molar-refractivity contribution in [2.45, 2.75) is 25.3 Å². The largest absolute Gasteiger partial charge is 0.469 e. The van der Waals surface area contributed by atoms with Gasteiger partial charge in [-0.05, 0) is 42.7 Å². The molecule has 1 aliphatic heterocycles. The Hall–Kier alpha value is -3.08. The average Bonchev–Trinajstić information content (AvgIpc) is 3.30. The first-order chi connectivity index (χ1) is 13.2. The van der Waals surface area contributed by atoms with Crippen LogP contribution in [0.2, 0.25) is 0 Å². The quantitative estimate of drug-likeness (QED) is 0.554. The summed E-state index contributed by atoms with van der Waals surface area (Å²) in [5, 5.41) is 1.05. The van der Waals surface area contributed by atoms with Gasteiger partial charge in [0.05, 0.1) is 24.8 Å². The van der Waals surface area contributed by atoms with Crippen LogP contribution in [0.4, 0.5) is 0 Å². The summed E-state index contributed by atoms with van der Waals surface area (Å²) in [6, 6.07) is 11.9. The van der Waals surface area contributed by atoms with E-state index in [1.54, 1.807) is 0 Å². The Morgan fingerprint density at radius 2 is 2.07 bits per heavy atom. The first-order valence-corrected chi connectivity index (χ1v) is 9.20. The van der Waals surface area contributed by atoms with Gasteiger partial charge in [0.25, 0.3) is 0 Å². The molecule has 0 spiro atoms. The van der Waals surface area contributed by atoms with Gasteiger partial charge in [0, 0.05) is 28.2 Å². The number of carbonyl (C=O) groups is 2. The minimum absolute atomic E-state index is 0.00667. The van der Waals surface area contributed by atoms with E-state index in [2.05, 4.69) is 15.6 Å². The molecule has 1 aromatic carbocycles. The number of nitrogens with zero attached hydrogens (tertiary/aromatic N) is 1. The summed E-state index contributed by atoms with van der Waals surface area (Å²) in [5.74, 6) is -0.535. The third-order valence-corrected chi connectivity index (χ3v) is 6.14. The van der Waals surface area contributed by atoms with Crippen LogP contribution in [0.3, 0.4) is 0 Å². The predicted octanol–water partition coefficient (Wildman–Crippen LogP) is 4.06. The van der Waals surface area contributed by atoms with E-state index in [4.69, 9.17) is 4.74 Å². The molecule has 0 saturated heterocycles. The van der Waals surface area contributed by atoms with E-state index in [1.807, 2.05) is 43.3 Å². The van der Waals surface area contributed by atoms with Crippen LogP contribution in [0.15, 0.2) is 42.5 Å². The molecule has 3 atom stereocenters. The number of hydrogen-bond acceptors (Lipinski definition) is 3. The van der Waals surface area contributed by atoms with Crippen LogP contribution < -0.4 is 0 Å². The van der Waals surface area contributed by atoms with Gasteiger partial charge in [0.15, 0.2) is 6.29 Å². The Bertz CT molecular complexity index is 1120. The van der Waals surface area contributed by atoms with Gasteiger partial charge in [0.1, 0.15) is 0 Å². The van der Waals surface area contributed by atoms with E-state index in [0.29, 0.717) is 5.69 Å². The average molecular weight is 360 g/mol. The van der Waals surface area contributed by atoms with E-state index in [0.717, 1.165) is 46.1 Å². The van der Waals surface area contributed by atoms with Gasteiger partial charge in [-0.2, -0.15) is 0 Å².